The lowest BCUT2D eigenvalue weighted by atomic mass is 9.98. The Morgan fingerprint density at radius 2 is 0.925 bits per heavy atom. The van der Waals surface area contributed by atoms with Crippen LogP contribution in [0.1, 0.15) is 0 Å². The second-order valence-electron chi connectivity index (χ2n) is 9.84. The van der Waals surface area contributed by atoms with Gasteiger partial charge in [0.15, 0.2) is 17.5 Å². The summed E-state index contributed by atoms with van der Waals surface area (Å²) in [6, 6.07) is 41.2. The Morgan fingerprint density at radius 1 is 0.375 bits per heavy atom. The monoisotopic (exact) mass is 511 g/mol. The molecule has 5 heteroatoms. The summed E-state index contributed by atoms with van der Waals surface area (Å²) in [5.74, 6) is 1.79. The van der Waals surface area contributed by atoms with E-state index in [1.54, 1.807) is 0 Å². The first-order valence-electron chi connectivity index (χ1n) is 13.2. The van der Waals surface area contributed by atoms with E-state index in [0.717, 1.165) is 43.7 Å². The maximum absolute atomic E-state index is 5.07. The van der Waals surface area contributed by atoms with Crippen molar-refractivity contribution in [2.45, 2.75) is 0 Å². The van der Waals surface area contributed by atoms with Gasteiger partial charge < -0.3 is 0 Å². The fourth-order valence-corrected chi connectivity index (χ4v) is 5.30. The van der Waals surface area contributed by atoms with Crippen LogP contribution >= 0.6 is 0 Å². The van der Waals surface area contributed by atoms with Crippen LogP contribution in [0.15, 0.2) is 128 Å². The molecule has 0 radical (unpaired) electrons. The molecular weight excluding hydrogens is 490 g/mol. The highest BCUT2D eigenvalue weighted by atomic mass is 15.0. The third-order valence-corrected chi connectivity index (χ3v) is 7.30. The number of benzene rings is 5. The Kier molecular flexibility index (Phi) is 5.07. The maximum atomic E-state index is 5.07. The van der Waals surface area contributed by atoms with Crippen molar-refractivity contribution < 1.29 is 0 Å². The highest BCUT2D eigenvalue weighted by Crippen LogP contribution is 2.32. The predicted molar refractivity (Wildman–Crippen MR) is 162 cm³/mol. The van der Waals surface area contributed by atoms with Gasteiger partial charge in [-0.15, -0.1) is 0 Å². The molecule has 5 nitrogen and oxygen atoms in total. The molecule has 0 spiro atoms. The van der Waals surface area contributed by atoms with Crippen LogP contribution in [0.4, 0.5) is 0 Å². The molecule has 0 amide bonds. The number of hydrogen-bond acceptors (Lipinski definition) is 5. The molecule has 5 aromatic carbocycles. The summed E-state index contributed by atoms with van der Waals surface area (Å²) in [4.78, 5) is 24.2. The lowest BCUT2D eigenvalue weighted by Crippen LogP contribution is -2.01. The normalized spacial score (nSPS) is 11.5. The van der Waals surface area contributed by atoms with E-state index >= 15 is 0 Å². The van der Waals surface area contributed by atoms with Crippen molar-refractivity contribution in [1.82, 2.24) is 24.9 Å². The molecule has 0 fully saturated rings. The summed E-state index contributed by atoms with van der Waals surface area (Å²) >= 11 is 0. The standard InChI is InChI=1S/C35H21N5/c1-3-8-22(9-4-1)33-38-34(23-10-5-2-6-11-23)40-35(39-33)30-16-15-27-19-25-14-13-24-18-26-12-7-17-36-31(26)20-28(24)29(25)21-32(27)37-30/h1-21H. The first-order valence-corrected chi connectivity index (χ1v) is 13.2. The molecule has 0 unspecified atom stereocenters. The molecule has 8 aromatic rings. The summed E-state index contributed by atoms with van der Waals surface area (Å²) in [6.07, 6.45) is 1.84. The van der Waals surface area contributed by atoms with Gasteiger partial charge in [-0.2, -0.15) is 0 Å². The van der Waals surface area contributed by atoms with Crippen molar-refractivity contribution in [3.05, 3.63) is 128 Å². The van der Waals surface area contributed by atoms with Crippen LogP contribution in [0, 0.1) is 0 Å². The number of hydrogen-bond donors (Lipinski definition) is 0. The fourth-order valence-electron chi connectivity index (χ4n) is 5.30. The van der Waals surface area contributed by atoms with E-state index in [-0.39, 0.29) is 0 Å². The quantitative estimate of drug-likeness (QED) is 0.176. The Hall–Kier alpha value is -5.55. The second-order valence-corrected chi connectivity index (χ2v) is 9.84. The number of rotatable bonds is 3. The molecule has 0 aliphatic rings. The molecule has 0 aliphatic carbocycles. The molecule has 3 heterocycles. The number of fused-ring (bicyclic) bond motifs is 5. The molecule has 3 aromatic heterocycles. The number of aromatic nitrogens is 5. The Bertz CT molecular complexity index is 2150. The molecule has 0 saturated carbocycles. The second kappa shape index (κ2) is 9.03. The van der Waals surface area contributed by atoms with E-state index < -0.39 is 0 Å². The van der Waals surface area contributed by atoms with Crippen LogP contribution in [0.3, 0.4) is 0 Å². The smallest absolute Gasteiger partial charge is 0.182 e. The van der Waals surface area contributed by atoms with Gasteiger partial charge >= 0.3 is 0 Å². The van der Waals surface area contributed by atoms with Crippen LogP contribution in [-0.4, -0.2) is 24.9 Å². The van der Waals surface area contributed by atoms with Crippen LogP contribution in [0.2, 0.25) is 0 Å². The largest absolute Gasteiger partial charge is 0.256 e. The van der Waals surface area contributed by atoms with Gasteiger partial charge in [-0.1, -0.05) is 84.9 Å². The molecule has 186 valence electrons. The van der Waals surface area contributed by atoms with Crippen LogP contribution < -0.4 is 0 Å². The first-order chi connectivity index (χ1) is 19.8. The summed E-state index contributed by atoms with van der Waals surface area (Å²) in [6.45, 7) is 0. The number of nitrogens with zero attached hydrogens (tertiary/aromatic N) is 5. The van der Waals surface area contributed by atoms with Gasteiger partial charge in [-0.05, 0) is 57.9 Å². The molecule has 0 saturated heterocycles. The average Bonchev–Trinajstić information content (AvgIpc) is 3.03. The zero-order chi connectivity index (χ0) is 26.5. The lowest BCUT2D eigenvalue weighted by Gasteiger charge is -2.10. The van der Waals surface area contributed by atoms with Crippen LogP contribution in [0.5, 0.6) is 0 Å². The third-order valence-electron chi connectivity index (χ3n) is 7.30. The average molecular weight is 512 g/mol. The van der Waals surface area contributed by atoms with Crippen molar-refractivity contribution in [1.29, 1.82) is 0 Å². The van der Waals surface area contributed by atoms with E-state index in [1.165, 1.54) is 10.8 Å². The summed E-state index contributed by atoms with van der Waals surface area (Å²) in [5.41, 5.74) is 4.44. The van der Waals surface area contributed by atoms with Crippen LogP contribution in [0.25, 0.3) is 77.6 Å². The Balaban J connectivity index is 1.33. The van der Waals surface area contributed by atoms with E-state index in [4.69, 9.17) is 19.9 Å². The highest BCUT2D eigenvalue weighted by molar-refractivity contribution is 6.14. The third kappa shape index (κ3) is 3.84. The van der Waals surface area contributed by atoms with Crippen molar-refractivity contribution in [2.24, 2.45) is 0 Å². The minimum Gasteiger partial charge on any atom is -0.256 e. The van der Waals surface area contributed by atoms with Gasteiger partial charge in [0.1, 0.15) is 5.69 Å². The minimum absolute atomic E-state index is 0.544. The molecular formula is C35H21N5. The first kappa shape index (κ1) is 22.4. The van der Waals surface area contributed by atoms with Gasteiger partial charge in [-0.25, -0.2) is 19.9 Å². The van der Waals surface area contributed by atoms with E-state index in [1.807, 2.05) is 79.0 Å². The predicted octanol–water partition coefficient (Wildman–Crippen LogP) is 8.28. The maximum Gasteiger partial charge on any atom is 0.182 e. The van der Waals surface area contributed by atoms with Gasteiger partial charge in [-0.3, -0.25) is 4.98 Å². The Morgan fingerprint density at radius 3 is 1.57 bits per heavy atom. The van der Waals surface area contributed by atoms with Crippen molar-refractivity contribution in [2.75, 3.05) is 0 Å². The fraction of sp³-hybridized carbons (Fsp3) is 0. The van der Waals surface area contributed by atoms with Gasteiger partial charge in [0.05, 0.1) is 11.0 Å². The minimum atomic E-state index is 0.544. The highest BCUT2D eigenvalue weighted by Gasteiger charge is 2.14. The molecule has 0 aliphatic heterocycles. The van der Waals surface area contributed by atoms with Gasteiger partial charge in [0.2, 0.25) is 0 Å². The summed E-state index contributed by atoms with van der Waals surface area (Å²) in [7, 11) is 0. The zero-order valence-electron chi connectivity index (χ0n) is 21.4. The van der Waals surface area contributed by atoms with Gasteiger partial charge in [0, 0.05) is 28.1 Å². The van der Waals surface area contributed by atoms with Crippen LogP contribution in [-0.2, 0) is 0 Å². The van der Waals surface area contributed by atoms with E-state index in [2.05, 4.69) is 53.5 Å². The lowest BCUT2D eigenvalue weighted by molar-refractivity contribution is 1.06. The van der Waals surface area contributed by atoms with E-state index in [0.29, 0.717) is 23.2 Å². The molecule has 8 rings (SSSR count). The van der Waals surface area contributed by atoms with Crippen molar-refractivity contribution in [3.63, 3.8) is 0 Å². The topological polar surface area (TPSA) is 64.5 Å². The molecule has 0 bridgehead atoms. The van der Waals surface area contributed by atoms with E-state index in [9.17, 15) is 0 Å². The number of pyridine rings is 2. The Labute approximate surface area is 229 Å². The van der Waals surface area contributed by atoms with Crippen molar-refractivity contribution in [3.8, 4) is 34.3 Å². The SMILES string of the molecule is c1ccc(-c2nc(-c3ccccc3)nc(-c3ccc4cc5ccc6cc7cccnc7cc6c5cc4n3)n2)cc1. The zero-order valence-corrected chi connectivity index (χ0v) is 21.4. The molecule has 40 heavy (non-hydrogen) atoms. The summed E-state index contributed by atoms with van der Waals surface area (Å²) < 4.78 is 0. The summed E-state index contributed by atoms with van der Waals surface area (Å²) in [5, 5.41) is 6.86. The molecule has 0 atom stereocenters. The van der Waals surface area contributed by atoms with Gasteiger partial charge in [0.25, 0.3) is 0 Å². The van der Waals surface area contributed by atoms with Crippen molar-refractivity contribution >= 4 is 43.4 Å². The molecule has 0 N–H and O–H groups in total.